The Labute approximate surface area is 96.4 Å². The Hall–Kier alpha value is -1.11. The SMILES string of the molecule is Cn1nncc1C1(O)CCCC(C(F)(F)F)C1. The highest BCUT2D eigenvalue weighted by Gasteiger charge is 2.48. The number of hydrogen-bond acceptors (Lipinski definition) is 3. The molecule has 1 saturated carbocycles. The van der Waals surface area contributed by atoms with Crippen LogP contribution in [0.25, 0.3) is 0 Å². The van der Waals surface area contributed by atoms with E-state index in [1.807, 2.05) is 0 Å². The van der Waals surface area contributed by atoms with Crippen LogP contribution in [0.3, 0.4) is 0 Å². The van der Waals surface area contributed by atoms with Gasteiger partial charge in [0.05, 0.1) is 17.8 Å². The number of hydrogen-bond donors (Lipinski definition) is 1. The van der Waals surface area contributed by atoms with E-state index in [4.69, 9.17) is 0 Å². The smallest absolute Gasteiger partial charge is 0.383 e. The first-order valence-electron chi connectivity index (χ1n) is 5.47. The summed E-state index contributed by atoms with van der Waals surface area (Å²) in [5.74, 6) is -1.45. The van der Waals surface area contributed by atoms with E-state index in [0.717, 1.165) is 0 Å². The molecule has 0 bridgehead atoms. The Kier molecular flexibility index (Phi) is 2.89. The van der Waals surface area contributed by atoms with Crippen LogP contribution < -0.4 is 0 Å². The summed E-state index contributed by atoms with van der Waals surface area (Å²) in [6, 6.07) is 0. The molecule has 0 amide bonds. The minimum atomic E-state index is -4.25. The molecule has 0 saturated heterocycles. The number of aromatic nitrogens is 3. The second kappa shape index (κ2) is 3.97. The Balaban J connectivity index is 2.24. The molecule has 1 N–H and O–H groups in total. The van der Waals surface area contributed by atoms with E-state index in [2.05, 4.69) is 10.3 Å². The van der Waals surface area contributed by atoms with Gasteiger partial charge in [0, 0.05) is 7.05 Å². The van der Waals surface area contributed by atoms with Crippen LogP contribution in [0.5, 0.6) is 0 Å². The van der Waals surface area contributed by atoms with Gasteiger partial charge < -0.3 is 5.11 Å². The molecule has 2 unspecified atom stereocenters. The lowest BCUT2D eigenvalue weighted by atomic mass is 9.76. The van der Waals surface area contributed by atoms with Gasteiger partial charge in [-0.05, 0) is 25.7 Å². The van der Waals surface area contributed by atoms with Crippen LogP contribution in [0.2, 0.25) is 0 Å². The number of rotatable bonds is 1. The van der Waals surface area contributed by atoms with Crippen LogP contribution in [-0.4, -0.2) is 26.3 Å². The quantitative estimate of drug-likeness (QED) is 0.825. The Morgan fingerprint density at radius 3 is 2.76 bits per heavy atom. The van der Waals surface area contributed by atoms with Gasteiger partial charge in [-0.3, -0.25) is 0 Å². The van der Waals surface area contributed by atoms with Gasteiger partial charge in [-0.2, -0.15) is 13.2 Å². The second-order valence-electron chi connectivity index (χ2n) is 4.61. The van der Waals surface area contributed by atoms with Crippen molar-refractivity contribution in [2.24, 2.45) is 13.0 Å². The summed E-state index contributed by atoms with van der Waals surface area (Å²) in [5.41, 5.74) is -1.11. The lowest BCUT2D eigenvalue weighted by Gasteiger charge is -2.37. The Bertz CT molecular complexity index is 404. The average molecular weight is 249 g/mol. The molecule has 0 spiro atoms. The Morgan fingerprint density at radius 2 is 2.24 bits per heavy atom. The van der Waals surface area contributed by atoms with E-state index < -0.39 is 17.7 Å². The number of aliphatic hydroxyl groups is 1. The fourth-order valence-electron chi connectivity index (χ4n) is 2.48. The van der Waals surface area contributed by atoms with Crippen LogP contribution in [-0.2, 0) is 12.6 Å². The van der Waals surface area contributed by atoms with Gasteiger partial charge in [-0.25, -0.2) is 4.68 Å². The molecule has 1 heterocycles. The predicted molar refractivity (Wildman–Crippen MR) is 52.9 cm³/mol. The third kappa shape index (κ3) is 2.29. The molecule has 0 radical (unpaired) electrons. The summed E-state index contributed by atoms with van der Waals surface area (Å²) in [6.07, 6.45) is -2.47. The fraction of sp³-hybridized carbons (Fsp3) is 0.800. The van der Waals surface area contributed by atoms with Crippen molar-refractivity contribution in [1.29, 1.82) is 0 Å². The van der Waals surface area contributed by atoms with Gasteiger partial charge in [0.2, 0.25) is 0 Å². The molecule has 4 nitrogen and oxygen atoms in total. The fourth-order valence-corrected chi connectivity index (χ4v) is 2.48. The number of halogens is 3. The van der Waals surface area contributed by atoms with Crippen LogP contribution in [0.4, 0.5) is 13.2 Å². The van der Waals surface area contributed by atoms with Crippen molar-refractivity contribution in [3.8, 4) is 0 Å². The van der Waals surface area contributed by atoms with Crippen molar-refractivity contribution >= 4 is 0 Å². The number of alkyl halides is 3. The molecule has 1 aromatic rings. The molecule has 1 aliphatic carbocycles. The van der Waals surface area contributed by atoms with Crippen LogP contribution in [0.15, 0.2) is 6.20 Å². The van der Waals surface area contributed by atoms with Crippen molar-refractivity contribution in [2.45, 2.75) is 37.5 Å². The normalized spacial score (nSPS) is 30.5. The summed E-state index contributed by atoms with van der Waals surface area (Å²) in [4.78, 5) is 0. The maximum Gasteiger partial charge on any atom is 0.391 e. The standard InChI is InChI=1S/C10H14F3N3O/c1-16-8(6-14-15-16)9(17)4-2-3-7(5-9)10(11,12)13/h6-7,17H,2-5H2,1H3. The zero-order valence-electron chi connectivity index (χ0n) is 9.41. The third-order valence-corrected chi connectivity index (χ3v) is 3.38. The molecule has 1 fully saturated rings. The van der Waals surface area contributed by atoms with E-state index in [9.17, 15) is 18.3 Å². The van der Waals surface area contributed by atoms with Crippen molar-refractivity contribution in [3.63, 3.8) is 0 Å². The molecule has 1 aliphatic rings. The lowest BCUT2D eigenvalue weighted by Crippen LogP contribution is -2.39. The van der Waals surface area contributed by atoms with Crippen molar-refractivity contribution < 1.29 is 18.3 Å². The van der Waals surface area contributed by atoms with Crippen LogP contribution in [0.1, 0.15) is 31.4 Å². The van der Waals surface area contributed by atoms with Crippen molar-refractivity contribution in [1.82, 2.24) is 15.0 Å². The van der Waals surface area contributed by atoms with Gasteiger partial charge in [-0.1, -0.05) is 5.21 Å². The summed E-state index contributed by atoms with van der Waals surface area (Å²) in [5, 5.41) is 17.6. The topological polar surface area (TPSA) is 50.9 Å². The highest BCUT2D eigenvalue weighted by molar-refractivity contribution is 5.10. The van der Waals surface area contributed by atoms with Crippen LogP contribution >= 0.6 is 0 Å². The van der Waals surface area contributed by atoms with Gasteiger partial charge in [0.1, 0.15) is 5.60 Å². The predicted octanol–water partition coefficient (Wildman–Crippen LogP) is 1.76. The highest BCUT2D eigenvalue weighted by Crippen LogP contribution is 2.45. The van der Waals surface area contributed by atoms with Crippen molar-refractivity contribution in [2.75, 3.05) is 0 Å². The number of nitrogens with zero attached hydrogens (tertiary/aromatic N) is 3. The molecular formula is C10H14F3N3O. The first kappa shape index (κ1) is 12.3. The molecule has 0 aliphatic heterocycles. The molecule has 96 valence electrons. The summed E-state index contributed by atoms with van der Waals surface area (Å²) >= 11 is 0. The van der Waals surface area contributed by atoms with E-state index in [0.29, 0.717) is 18.5 Å². The minimum Gasteiger partial charge on any atom is -0.383 e. The first-order valence-corrected chi connectivity index (χ1v) is 5.47. The maximum atomic E-state index is 12.7. The molecule has 7 heteroatoms. The zero-order valence-corrected chi connectivity index (χ0v) is 9.41. The molecule has 17 heavy (non-hydrogen) atoms. The van der Waals surface area contributed by atoms with E-state index in [1.54, 1.807) is 7.05 Å². The van der Waals surface area contributed by atoms with E-state index in [1.165, 1.54) is 10.9 Å². The minimum absolute atomic E-state index is 0.0804. The molecule has 0 aromatic carbocycles. The zero-order chi connectivity index (χ0) is 12.7. The first-order chi connectivity index (χ1) is 7.83. The average Bonchev–Trinajstić information content (AvgIpc) is 2.64. The summed E-state index contributed by atoms with van der Waals surface area (Å²) in [7, 11) is 1.57. The van der Waals surface area contributed by atoms with Gasteiger partial charge in [0.15, 0.2) is 0 Å². The summed E-state index contributed by atoms with van der Waals surface area (Å²) in [6.45, 7) is 0. The molecular weight excluding hydrogens is 235 g/mol. The van der Waals surface area contributed by atoms with Crippen LogP contribution in [0, 0.1) is 5.92 Å². The second-order valence-corrected chi connectivity index (χ2v) is 4.61. The largest absolute Gasteiger partial charge is 0.391 e. The van der Waals surface area contributed by atoms with Gasteiger partial charge in [-0.15, -0.1) is 5.10 Å². The van der Waals surface area contributed by atoms with Crippen molar-refractivity contribution in [3.05, 3.63) is 11.9 Å². The van der Waals surface area contributed by atoms with E-state index >= 15 is 0 Å². The lowest BCUT2D eigenvalue weighted by molar-refractivity contribution is -0.202. The molecule has 2 rings (SSSR count). The monoisotopic (exact) mass is 249 g/mol. The molecule has 2 atom stereocenters. The maximum absolute atomic E-state index is 12.7. The van der Waals surface area contributed by atoms with E-state index in [-0.39, 0.29) is 12.8 Å². The number of aryl methyl sites for hydroxylation is 1. The van der Waals surface area contributed by atoms with Gasteiger partial charge in [0.25, 0.3) is 0 Å². The van der Waals surface area contributed by atoms with Gasteiger partial charge >= 0.3 is 6.18 Å². The highest BCUT2D eigenvalue weighted by atomic mass is 19.4. The molecule has 1 aromatic heterocycles. The Morgan fingerprint density at radius 1 is 1.53 bits per heavy atom. The summed E-state index contributed by atoms with van der Waals surface area (Å²) < 4.78 is 39.4. The third-order valence-electron chi connectivity index (χ3n) is 3.38.